The molecule has 2 atom stereocenters. The number of nitrogens with two attached hydrogens (primary N) is 1. The van der Waals surface area contributed by atoms with Crippen LogP contribution in [0.2, 0.25) is 0 Å². The molecule has 2 N–H and O–H groups in total. The molecular weight excluding hydrogens is 170 g/mol. The van der Waals surface area contributed by atoms with Gasteiger partial charge in [-0.3, -0.25) is 4.79 Å². The Morgan fingerprint density at radius 2 is 2.54 bits per heavy atom. The molecule has 1 rings (SSSR count). The van der Waals surface area contributed by atoms with Crippen LogP contribution >= 0.6 is 0 Å². The molecule has 0 radical (unpaired) electrons. The molecule has 13 heavy (non-hydrogen) atoms. The van der Waals surface area contributed by atoms with Crippen LogP contribution in [0.3, 0.4) is 0 Å². The maximum atomic E-state index is 10.8. The second kappa shape index (κ2) is 5.19. The van der Waals surface area contributed by atoms with Crippen LogP contribution < -0.4 is 5.73 Å². The second-order valence-electron chi connectivity index (χ2n) is 3.33. The maximum Gasteiger partial charge on any atom is 0.305 e. The summed E-state index contributed by atoms with van der Waals surface area (Å²) in [5.41, 5.74) is 5.85. The van der Waals surface area contributed by atoms with E-state index in [1.165, 1.54) is 7.11 Å². The molecule has 1 aliphatic rings. The van der Waals surface area contributed by atoms with Gasteiger partial charge < -0.3 is 15.2 Å². The van der Waals surface area contributed by atoms with Gasteiger partial charge in [-0.05, 0) is 19.3 Å². The summed E-state index contributed by atoms with van der Waals surface area (Å²) in [5.74, 6) is -0.201. The Labute approximate surface area is 78.4 Å². The first-order valence-electron chi connectivity index (χ1n) is 4.68. The fourth-order valence-corrected chi connectivity index (χ4v) is 1.51. The SMILES string of the molecule is COC(=O)CCC(N)C1CCCO1. The molecule has 0 aliphatic carbocycles. The van der Waals surface area contributed by atoms with Crippen molar-refractivity contribution < 1.29 is 14.3 Å². The van der Waals surface area contributed by atoms with E-state index in [1.807, 2.05) is 0 Å². The van der Waals surface area contributed by atoms with E-state index in [0.717, 1.165) is 19.4 Å². The van der Waals surface area contributed by atoms with Crippen LogP contribution in [0, 0.1) is 0 Å². The molecule has 0 saturated carbocycles. The Morgan fingerprint density at radius 1 is 1.77 bits per heavy atom. The monoisotopic (exact) mass is 187 g/mol. The summed E-state index contributed by atoms with van der Waals surface area (Å²) in [6.45, 7) is 0.802. The van der Waals surface area contributed by atoms with E-state index >= 15 is 0 Å². The topological polar surface area (TPSA) is 61.5 Å². The smallest absolute Gasteiger partial charge is 0.305 e. The number of esters is 1. The molecule has 4 heteroatoms. The van der Waals surface area contributed by atoms with E-state index in [1.54, 1.807) is 0 Å². The number of carbonyl (C=O) groups is 1. The molecular formula is C9H17NO3. The van der Waals surface area contributed by atoms with Gasteiger partial charge >= 0.3 is 5.97 Å². The highest BCUT2D eigenvalue weighted by atomic mass is 16.5. The normalized spacial score (nSPS) is 24.3. The molecule has 76 valence electrons. The molecule has 2 unspecified atom stereocenters. The van der Waals surface area contributed by atoms with Gasteiger partial charge in [0.15, 0.2) is 0 Å². The molecule has 0 amide bonds. The van der Waals surface area contributed by atoms with Crippen molar-refractivity contribution in [3.8, 4) is 0 Å². The minimum absolute atomic E-state index is 0.0263. The highest BCUT2D eigenvalue weighted by Gasteiger charge is 2.23. The summed E-state index contributed by atoms with van der Waals surface area (Å²) in [7, 11) is 1.39. The molecule has 1 saturated heterocycles. The van der Waals surface area contributed by atoms with Crippen LogP contribution in [-0.2, 0) is 14.3 Å². The summed E-state index contributed by atoms with van der Waals surface area (Å²) < 4.78 is 9.93. The fraction of sp³-hybridized carbons (Fsp3) is 0.889. The largest absolute Gasteiger partial charge is 0.469 e. The van der Waals surface area contributed by atoms with Gasteiger partial charge in [0.2, 0.25) is 0 Å². The molecule has 4 nitrogen and oxygen atoms in total. The van der Waals surface area contributed by atoms with E-state index in [-0.39, 0.29) is 18.1 Å². The predicted octanol–water partition coefficient (Wildman–Crippen LogP) is 0.446. The van der Waals surface area contributed by atoms with Gasteiger partial charge in [0.25, 0.3) is 0 Å². The van der Waals surface area contributed by atoms with Crippen LogP contribution in [-0.4, -0.2) is 31.8 Å². The zero-order chi connectivity index (χ0) is 9.68. The minimum atomic E-state index is -0.201. The summed E-state index contributed by atoms with van der Waals surface area (Å²) in [6, 6.07) is -0.0263. The highest BCUT2D eigenvalue weighted by molar-refractivity contribution is 5.69. The number of hydrogen-bond donors (Lipinski definition) is 1. The lowest BCUT2D eigenvalue weighted by atomic mass is 10.0. The first-order chi connectivity index (χ1) is 6.24. The quantitative estimate of drug-likeness (QED) is 0.649. The van der Waals surface area contributed by atoms with Gasteiger partial charge in [0.1, 0.15) is 0 Å². The lowest BCUT2D eigenvalue weighted by Crippen LogP contribution is -2.34. The molecule has 0 aromatic rings. The Hall–Kier alpha value is -0.610. The van der Waals surface area contributed by atoms with E-state index in [2.05, 4.69) is 4.74 Å². The third kappa shape index (κ3) is 3.32. The number of methoxy groups -OCH3 is 1. The van der Waals surface area contributed by atoms with Crippen molar-refractivity contribution in [3.05, 3.63) is 0 Å². The molecule has 1 aliphatic heterocycles. The van der Waals surface area contributed by atoms with Crippen LogP contribution in [0.15, 0.2) is 0 Å². The van der Waals surface area contributed by atoms with E-state index in [0.29, 0.717) is 12.8 Å². The van der Waals surface area contributed by atoms with Crippen molar-refractivity contribution in [1.29, 1.82) is 0 Å². The van der Waals surface area contributed by atoms with Crippen molar-refractivity contribution >= 4 is 5.97 Å². The van der Waals surface area contributed by atoms with Crippen molar-refractivity contribution in [2.45, 2.75) is 37.8 Å². The van der Waals surface area contributed by atoms with Gasteiger partial charge in [0, 0.05) is 19.1 Å². The van der Waals surface area contributed by atoms with Gasteiger partial charge in [-0.1, -0.05) is 0 Å². The Balaban J connectivity index is 2.16. The van der Waals surface area contributed by atoms with E-state index in [4.69, 9.17) is 10.5 Å². The Morgan fingerprint density at radius 3 is 3.08 bits per heavy atom. The minimum Gasteiger partial charge on any atom is -0.469 e. The van der Waals surface area contributed by atoms with Gasteiger partial charge in [-0.2, -0.15) is 0 Å². The third-order valence-corrected chi connectivity index (χ3v) is 2.35. The lowest BCUT2D eigenvalue weighted by Gasteiger charge is -2.17. The lowest BCUT2D eigenvalue weighted by molar-refractivity contribution is -0.140. The van der Waals surface area contributed by atoms with Crippen molar-refractivity contribution in [1.82, 2.24) is 0 Å². The first kappa shape index (κ1) is 10.5. The average Bonchev–Trinajstić information content (AvgIpc) is 2.66. The number of carbonyl (C=O) groups excluding carboxylic acids is 1. The van der Waals surface area contributed by atoms with Crippen LogP contribution in [0.4, 0.5) is 0 Å². The molecule has 0 aromatic heterocycles. The molecule has 1 fully saturated rings. The van der Waals surface area contributed by atoms with Gasteiger partial charge in [-0.25, -0.2) is 0 Å². The van der Waals surface area contributed by atoms with Gasteiger partial charge in [0.05, 0.1) is 13.2 Å². The molecule has 0 spiro atoms. The van der Waals surface area contributed by atoms with Crippen LogP contribution in [0.25, 0.3) is 0 Å². The van der Waals surface area contributed by atoms with Crippen molar-refractivity contribution in [2.24, 2.45) is 5.73 Å². The first-order valence-corrected chi connectivity index (χ1v) is 4.68. The highest BCUT2D eigenvalue weighted by Crippen LogP contribution is 2.17. The number of rotatable bonds is 4. The summed E-state index contributed by atoms with van der Waals surface area (Å²) in [6.07, 6.45) is 3.28. The molecule has 0 aromatic carbocycles. The Bertz CT molecular complexity index is 166. The maximum absolute atomic E-state index is 10.8. The summed E-state index contributed by atoms with van der Waals surface area (Å²) in [4.78, 5) is 10.8. The Kier molecular flexibility index (Phi) is 4.18. The van der Waals surface area contributed by atoms with Crippen LogP contribution in [0.1, 0.15) is 25.7 Å². The average molecular weight is 187 g/mol. The summed E-state index contributed by atoms with van der Waals surface area (Å²) in [5, 5.41) is 0. The molecule has 1 heterocycles. The summed E-state index contributed by atoms with van der Waals surface area (Å²) >= 11 is 0. The zero-order valence-corrected chi connectivity index (χ0v) is 7.99. The third-order valence-electron chi connectivity index (χ3n) is 2.35. The predicted molar refractivity (Wildman–Crippen MR) is 48.2 cm³/mol. The second-order valence-corrected chi connectivity index (χ2v) is 3.33. The standard InChI is InChI=1S/C9H17NO3/c1-12-9(11)5-4-7(10)8-3-2-6-13-8/h7-8H,2-6,10H2,1H3. The van der Waals surface area contributed by atoms with Gasteiger partial charge in [-0.15, -0.1) is 0 Å². The number of ether oxygens (including phenoxy) is 2. The zero-order valence-electron chi connectivity index (χ0n) is 7.99. The molecule has 0 bridgehead atoms. The van der Waals surface area contributed by atoms with Crippen molar-refractivity contribution in [3.63, 3.8) is 0 Å². The fourth-order valence-electron chi connectivity index (χ4n) is 1.51. The number of hydrogen-bond acceptors (Lipinski definition) is 4. The van der Waals surface area contributed by atoms with E-state index in [9.17, 15) is 4.79 Å². The van der Waals surface area contributed by atoms with E-state index < -0.39 is 0 Å². The van der Waals surface area contributed by atoms with Crippen molar-refractivity contribution in [2.75, 3.05) is 13.7 Å². The van der Waals surface area contributed by atoms with Crippen LogP contribution in [0.5, 0.6) is 0 Å².